The zero-order valence-electron chi connectivity index (χ0n) is 14.0. The lowest BCUT2D eigenvalue weighted by Gasteiger charge is -2.34. The lowest BCUT2D eigenvalue weighted by molar-refractivity contribution is -0.134. The van der Waals surface area contributed by atoms with Gasteiger partial charge in [0.2, 0.25) is 5.91 Å². The molecule has 2 saturated carbocycles. The van der Waals surface area contributed by atoms with E-state index in [9.17, 15) is 9.59 Å². The van der Waals surface area contributed by atoms with Gasteiger partial charge in [0, 0.05) is 43.4 Å². The van der Waals surface area contributed by atoms with Crippen LogP contribution in [0, 0.1) is 11.8 Å². The highest BCUT2D eigenvalue weighted by Crippen LogP contribution is 2.41. The Kier molecular flexibility index (Phi) is 4.20. The normalized spacial score (nSPS) is 26.4. The first-order valence-electron chi connectivity index (χ1n) is 8.87. The number of nitrogens with zero attached hydrogens (tertiary/aromatic N) is 3. The molecule has 24 heavy (non-hydrogen) atoms. The molecule has 1 saturated heterocycles. The highest BCUT2D eigenvalue weighted by Gasteiger charge is 2.42. The van der Waals surface area contributed by atoms with Crippen molar-refractivity contribution < 1.29 is 9.59 Å². The SMILES string of the molecule is C[C@@H]1C[C@H]1C(=O)N1CCN(C(=O)NCc2csc(C3CC3)n2)CC1. The van der Waals surface area contributed by atoms with Crippen LogP contribution < -0.4 is 5.32 Å². The van der Waals surface area contributed by atoms with Gasteiger partial charge >= 0.3 is 6.03 Å². The third-order valence-electron chi connectivity index (χ3n) is 5.22. The van der Waals surface area contributed by atoms with Gasteiger partial charge in [0.15, 0.2) is 0 Å². The number of amides is 3. The molecule has 1 aromatic rings. The summed E-state index contributed by atoms with van der Waals surface area (Å²) in [6.45, 7) is 5.14. The fourth-order valence-corrected chi connectivity index (χ4v) is 4.22. The number of piperazine rings is 1. The maximum absolute atomic E-state index is 12.3. The number of thiazole rings is 1. The molecule has 1 N–H and O–H groups in total. The molecule has 2 aliphatic carbocycles. The molecular weight excluding hydrogens is 324 g/mol. The first kappa shape index (κ1) is 15.9. The van der Waals surface area contributed by atoms with E-state index in [0.717, 1.165) is 12.1 Å². The molecule has 1 aliphatic heterocycles. The van der Waals surface area contributed by atoms with Crippen LogP contribution in [0.4, 0.5) is 4.79 Å². The van der Waals surface area contributed by atoms with Crippen LogP contribution >= 0.6 is 11.3 Å². The highest BCUT2D eigenvalue weighted by molar-refractivity contribution is 7.09. The van der Waals surface area contributed by atoms with E-state index in [4.69, 9.17) is 0 Å². The quantitative estimate of drug-likeness (QED) is 0.905. The van der Waals surface area contributed by atoms with E-state index in [-0.39, 0.29) is 17.9 Å². The zero-order valence-corrected chi connectivity index (χ0v) is 14.8. The lowest BCUT2D eigenvalue weighted by Crippen LogP contribution is -2.53. The molecule has 6 nitrogen and oxygen atoms in total. The molecule has 1 aromatic heterocycles. The van der Waals surface area contributed by atoms with Gasteiger partial charge in [-0.3, -0.25) is 4.79 Å². The van der Waals surface area contributed by atoms with Crippen LogP contribution in [0.3, 0.4) is 0 Å². The molecule has 0 radical (unpaired) electrons. The largest absolute Gasteiger partial charge is 0.339 e. The van der Waals surface area contributed by atoms with Crippen molar-refractivity contribution >= 4 is 23.3 Å². The van der Waals surface area contributed by atoms with Crippen LogP contribution in [0.25, 0.3) is 0 Å². The number of hydrogen-bond donors (Lipinski definition) is 1. The topological polar surface area (TPSA) is 65.5 Å². The van der Waals surface area contributed by atoms with Gasteiger partial charge in [-0.15, -0.1) is 11.3 Å². The van der Waals surface area contributed by atoms with Crippen molar-refractivity contribution in [3.63, 3.8) is 0 Å². The Balaban J connectivity index is 1.21. The molecule has 0 spiro atoms. The molecule has 3 amide bonds. The van der Waals surface area contributed by atoms with E-state index in [0.29, 0.717) is 44.6 Å². The first-order chi connectivity index (χ1) is 11.6. The molecule has 0 bridgehead atoms. The van der Waals surface area contributed by atoms with E-state index in [1.165, 1.54) is 17.8 Å². The second-order valence-electron chi connectivity index (χ2n) is 7.24. The maximum atomic E-state index is 12.3. The van der Waals surface area contributed by atoms with Crippen molar-refractivity contribution in [1.29, 1.82) is 0 Å². The molecule has 130 valence electrons. The predicted molar refractivity (Wildman–Crippen MR) is 91.7 cm³/mol. The lowest BCUT2D eigenvalue weighted by atomic mass is 10.2. The van der Waals surface area contributed by atoms with E-state index in [2.05, 4.69) is 17.2 Å². The average molecular weight is 348 g/mol. The van der Waals surface area contributed by atoms with Crippen LogP contribution in [0.15, 0.2) is 5.38 Å². The van der Waals surface area contributed by atoms with Crippen molar-refractivity contribution in [3.05, 3.63) is 16.1 Å². The van der Waals surface area contributed by atoms with Crippen LogP contribution in [-0.2, 0) is 11.3 Å². The number of aromatic nitrogens is 1. The summed E-state index contributed by atoms with van der Waals surface area (Å²) in [7, 11) is 0. The van der Waals surface area contributed by atoms with E-state index >= 15 is 0 Å². The number of nitrogens with one attached hydrogen (secondary N) is 1. The monoisotopic (exact) mass is 348 g/mol. The summed E-state index contributed by atoms with van der Waals surface area (Å²) in [5, 5.41) is 6.21. The second kappa shape index (κ2) is 6.35. The fourth-order valence-electron chi connectivity index (χ4n) is 3.23. The number of carbonyl (C=O) groups excluding carboxylic acids is 2. The summed E-state index contributed by atoms with van der Waals surface area (Å²) in [4.78, 5) is 32.8. The van der Waals surface area contributed by atoms with Crippen LogP contribution in [-0.4, -0.2) is 52.9 Å². The molecule has 2 atom stereocenters. The fraction of sp³-hybridized carbons (Fsp3) is 0.706. The van der Waals surface area contributed by atoms with Crippen molar-refractivity contribution in [2.75, 3.05) is 26.2 Å². The van der Waals surface area contributed by atoms with E-state index in [1.807, 2.05) is 10.3 Å². The molecule has 3 aliphatic rings. The van der Waals surface area contributed by atoms with Gasteiger partial charge < -0.3 is 15.1 Å². The van der Waals surface area contributed by atoms with Crippen molar-refractivity contribution in [1.82, 2.24) is 20.1 Å². The van der Waals surface area contributed by atoms with Gasteiger partial charge in [0.25, 0.3) is 0 Å². The Labute approximate surface area is 146 Å². The predicted octanol–water partition coefficient (Wildman–Crippen LogP) is 2.03. The number of carbonyl (C=O) groups is 2. The minimum absolute atomic E-state index is 0.0529. The van der Waals surface area contributed by atoms with Crippen LogP contribution in [0.5, 0.6) is 0 Å². The second-order valence-corrected chi connectivity index (χ2v) is 8.13. The van der Waals surface area contributed by atoms with Crippen molar-refractivity contribution in [2.24, 2.45) is 11.8 Å². The average Bonchev–Trinajstić information content (AvgIpc) is 3.52. The van der Waals surface area contributed by atoms with E-state index in [1.54, 1.807) is 16.2 Å². The molecule has 4 rings (SSSR count). The zero-order chi connectivity index (χ0) is 16.7. The Hall–Kier alpha value is -1.63. The van der Waals surface area contributed by atoms with Crippen molar-refractivity contribution in [3.8, 4) is 0 Å². The molecule has 3 fully saturated rings. The van der Waals surface area contributed by atoms with Crippen LogP contribution in [0.2, 0.25) is 0 Å². The molecular formula is C17H24N4O2S. The third kappa shape index (κ3) is 3.41. The van der Waals surface area contributed by atoms with E-state index < -0.39 is 0 Å². The third-order valence-corrected chi connectivity index (χ3v) is 6.28. The van der Waals surface area contributed by atoms with Gasteiger partial charge in [-0.25, -0.2) is 9.78 Å². The number of hydrogen-bond acceptors (Lipinski definition) is 4. The first-order valence-corrected chi connectivity index (χ1v) is 9.75. The Morgan fingerprint density at radius 3 is 2.54 bits per heavy atom. The molecule has 2 heterocycles. The minimum atomic E-state index is -0.0529. The highest BCUT2D eigenvalue weighted by atomic mass is 32.1. The minimum Gasteiger partial charge on any atom is -0.339 e. The summed E-state index contributed by atoms with van der Waals surface area (Å²) in [6, 6.07) is -0.0529. The van der Waals surface area contributed by atoms with Gasteiger partial charge in [-0.2, -0.15) is 0 Å². The summed E-state index contributed by atoms with van der Waals surface area (Å²) >= 11 is 1.70. The molecule has 7 heteroatoms. The number of rotatable bonds is 4. The Bertz CT molecular complexity index is 634. The molecule has 0 unspecified atom stereocenters. The summed E-state index contributed by atoms with van der Waals surface area (Å²) in [6.07, 6.45) is 3.53. The van der Waals surface area contributed by atoms with Gasteiger partial charge in [0.05, 0.1) is 17.2 Å². The molecule has 0 aromatic carbocycles. The standard InChI is InChI=1S/C17H24N4O2S/c1-11-8-14(11)16(22)20-4-6-21(7-5-20)17(23)18-9-13-10-24-15(19-13)12-2-3-12/h10-12,14H,2-9H2,1H3,(H,18,23)/t11-,14-/m1/s1. The Morgan fingerprint density at radius 1 is 1.25 bits per heavy atom. The summed E-state index contributed by atoms with van der Waals surface area (Å²) in [5.74, 6) is 1.71. The summed E-state index contributed by atoms with van der Waals surface area (Å²) < 4.78 is 0. The van der Waals surface area contributed by atoms with Crippen molar-refractivity contribution in [2.45, 2.75) is 38.6 Å². The Morgan fingerprint density at radius 2 is 1.92 bits per heavy atom. The van der Waals surface area contributed by atoms with Gasteiger partial charge in [-0.1, -0.05) is 6.92 Å². The smallest absolute Gasteiger partial charge is 0.317 e. The van der Waals surface area contributed by atoms with Crippen LogP contribution in [0.1, 0.15) is 42.8 Å². The summed E-state index contributed by atoms with van der Waals surface area (Å²) in [5.41, 5.74) is 0.951. The maximum Gasteiger partial charge on any atom is 0.317 e. The van der Waals surface area contributed by atoms with Gasteiger partial charge in [-0.05, 0) is 25.2 Å². The van der Waals surface area contributed by atoms with Gasteiger partial charge in [0.1, 0.15) is 0 Å². The number of urea groups is 1.